The highest BCUT2D eigenvalue weighted by Crippen LogP contribution is 2.49. The van der Waals surface area contributed by atoms with Gasteiger partial charge in [0.25, 0.3) is 15.9 Å². The Labute approximate surface area is 151 Å². The first-order valence-corrected chi connectivity index (χ1v) is 9.45. The van der Waals surface area contributed by atoms with E-state index in [9.17, 15) is 26.1 Å². The van der Waals surface area contributed by atoms with Crippen LogP contribution < -0.4 is 5.73 Å². The van der Waals surface area contributed by atoms with E-state index in [1.54, 1.807) is 6.07 Å². The summed E-state index contributed by atoms with van der Waals surface area (Å²) in [6.07, 6.45) is -1.50. The largest absolute Gasteiger partial charge is 0.453 e. The molecule has 7 nitrogen and oxygen atoms in total. The van der Waals surface area contributed by atoms with E-state index in [0.717, 1.165) is 36.4 Å². The third-order valence-electron chi connectivity index (χ3n) is 4.59. The summed E-state index contributed by atoms with van der Waals surface area (Å²) in [6, 6.07) is 2.81. The zero-order valence-corrected chi connectivity index (χ0v) is 14.6. The molecule has 2 aliphatic rings. The highest BCUT2D eigenvalue weighted by atomic mass is 32.2. The molecule has 2 aliphatic carbocycles. The van der Waals surface area contributed by atoms with Gasteiger partial charge in [-0.3, -0.25) is 9.26 Å². The lowest BCUT2D eigenvalue weighted by atomic mass is 10.0. The summed E-state index contributed by atoms with van der Waals surface area (Å²) in [7, 11) is -4.55. The van der Waals surface area contributed by atoms with Crippen molar-refractivity contribution >= 4 is 16.1 Å². The van der Waals surface area contributed by atoms with Crippen molar-refractivity contribution in [3.63, 3.8) is 0 Å². The van der Waals surface area contributed by atoms with Crippen molar-refractivity contribution in [2.45, 2.75) is 48.6 Å². The molecule has 1 heterocycles. The molecule has 0 atom stereocenters. The monoisotopic (exact) mass is 408 g/mol. The van der Waals surface area contributed by atoms with Crippen LogP contribution in [0.5, 0.6) is 0 Å². The molecule has 2 fully saturated rings. The molecule has 27 heavy (non-hydrogen) atoms. The van der Waals surface area contributed by atoms with E-state index in [1.807, 2.05) is 0 Å². The first-order valence-electron chi connectivity index (χ1n) is 8.01. The highest BCUT2D eigenvalue weighted by Gasteiger charge is 2.39. The Morgan fingerprint density at radius 3 is 2.11 bits per heavy atom. The van der Waals surface area contributed by atoms with Crippen molar-refractivity contribution in [1.82, 2.24) is 14.8 Å². The Morgan fingerprint density at radius 1 is 1.11 bits per heavy atom. The minimum Gasteiger partial charge on any atom is -0.368 e. The number of nitrogens with two attached hydrogens (primary N) is 1. The van der Waals surface area contributed by atoms with Gasteiger partial charge in [0.2, 0.25) is 5.95 Å². The van der Waals surface area contributed by atoms with Crippen molar-refractivity contribution in [2.24, 2.45) is 0 Å². The minimum absolute atomic E-state index is 0. The van der Waals surface area contributed by atoms with Crippen LogP contribution in [0, 0.1) is 0 Å². The second kappa shape index (κ2) is 6.16. The first-order chi connectivity index (χ1) is 12.1. The molecule has 2 saturated carbocycles. The fourth-order valence-corrected chi connectivity index (χ4v) is 3.85. The van der Waals surface area contributed by atoms with Gasteiger partial charge in [-0.25, -0.2) is 0 Å². The lowest BCUT2D eigenvalue weighted by Crippen LogP contribution is -2.11. The Hall–Kier alpha value is -2.21. The molecule has 3 N–H and O–H groups in total. The lowest BCUT2D eigenvalue weighted by molar-refractivity contribution is -0.144. The number of nitrogens with zero attached hydrogens (tertiary/aromatic N) is 3. The van der Waals surface area contributed by atoms with Crippen molar-refractivity contribution in [2.75, 3.05) is 5.73 Å². The van der Waals surface area contributed by atoms with E-state index in [-0.39, 0.29) is 27.1 Å². The average molecular weight is 408 g/mol. The number of hydrogen-bond acceptors (Lipinski definition) is 5. The zero-order valence-electron chi connectivity index (χ0n) is 13.8. The highest BCUT2D eigenvalue weighted by molar-refractivity contribution is 7.85. The van der Waals surface area contributed by atoms with Crippen LogP contribution in [0.15, 0.2) is 17.0 Å². The Balaban J connectivity index is 0.00000210. The van der Waals surface area contributed by atoms with E-state index in [1.165, 1.54) is 0 Å². The molecule has 2 aromatic rings. The van der Waals surface area contributed by atoms with E-state index < -0.39 is 28.1 Å². The Morgan fingerprint density at radius 2 is 1.67 bits per heavy atom. The maximum absolute atomic E-state index is 12.9. The van der Waals surface area contributed by atoms with Crippen LogP contribution in [-0.2, 0) is 16.3 Å². The lowest BCUT2D eigenvalue weighted by Gasteiger charge is -2.15. The maximum atomic E-state index is 12.9. The summed E-state index contributed by atoms with van der Waals surface area (Å²) < 4.78 is 72.7. The smallest absolute Gasteiger partial charge is 0.368 e. The summed E-state index contributed by atoms with van der Waals surface area (Å²) in [6.45, 7) is 0. The molecule has 0 unspecified atom stereocenters. The fraction of sp³-hybridized carbons (Fsp3) is 0.467. The second-order valence-corrected chi connectivity index (χ2v) is 8.07. The molecule has 0 radical (unpaired) electrons. The van der Waals surface area contributed by atoms with Crippen molar-refractivity contribution in [1.29, 1.82) is 0 Å². The SMILES string of the molecule is F.Nc1nc(C(F)(F)F)nn1-c1cc(S(=O)(=O)O)c(C2CC2)cc1C1CC1. The normalized spacial score (nSPS) is 17.6. The second-order valence-electron chi connectivity index (χ2n) is 6.68. The van der Waals surface area contributed by atoms with Gasteiger partial charge in [-0.2, -0.15) is 31.3 Å². The van der Waals surface area contributed by atoms with Crippen LogP contribution in [-0.4, -0.2) is 27.7 Å². The molecular weight excluding hydrogens is 392 g/mol. The third-order valence-corrected chi connectivity index (χ3v) is 5.49. The van der Waals surface area contributed by atoms with Gasteiger partial charge in [-0.1, -0.05) is 6.07 Å². The molecule has 1 aromatic heterocycles. The molecular formula is C15H16F4N4O3S. The summed E-state index contributed by atoms with van der Waals surface area (Å²) in [5.41, 5.74) is 6.87. The summed E-state index contributed by atoms with van der Waals surface area (Å²) >= 11 is 0. The molecule has 0 bridgehead atoms. The Bertz CT molecular complexity index is 995. The number of anilines is 1. The summed E-state index contributed by atoms with van der Waals surface area (Å²) in [5, 5.41) is 3.41. The topological polar surface area (TPSA) is 111 Å². The zero-order chi connectivity index (χ0) is 18.9. The van der Waals surface area contributed by atoms with E-state index in [0.29, 0.717) is 11.1 Å². The standard InChI is InChI=1S/C15H15F3N4O3S.FH/c16-15(17,18)13-20-14(19)22(21-13)11-6-12(26(23,24)25)10(8-3-4-8)5-9(11)7-1-2-7;/h5-8H,1-4H2,(H2,19,20,21)(H,23,24,25);1H. The predicted octanol–water partition coefficient (Wildman–Crippen LogP) is 3.02. The molecule has 1 aromatic carbocycles. The third kappa shape index (κ3) is 3.63. The fourth-order valence-electron chi connectivity index (χ4n) is 3.07. The van der Waals surface area contributed by atoms with Gasteiger partial charge in [0.05, 0.1) is 10.6 Å². The van der Waals surface area contributed by atoms with Crippen molar-refractivity contribution < 1.29 is 30.8 Å². The minimum atomic E-state index is -4.78. The quantitative estimate of drug-likeness (QED) is 0.594. The van der Waals surface area contributed by atoms with Crippen LogP contribution >= 0.6 is 0 Å². The van der Waals surface area contributed by atoms with E-state index in [2.05, 4.69) is 10.1 Å². The van der Waals surface area contributed by atoms with Gasteiger partial charge in [0.15, 0.2) is 0 Å². The number of hydrogen-bond donors (Lipinski definition) is 2. The van der Waals surface area contributed by atoms with E-state index in [4.69, 9.17) is 5.73 Å². The molecule has 0 saturated heterocycles. The van der Waals surface area contributed by atoms with Gasteiger partial charge < -0.3 is 5.73 Å². The summed E-state index contributed by atoms with van der Waals surface area (Å²) in [4.78, 5) is 2.92. The van der Waals surface area contributed by atoms with Crippen molar-refractivity contribution in [3.05, 3.63) is 29.1 Å². The number of rotatable bonds is 4. The number of alkyl halides is 3. The molecule has 12 heteroatoms. The van der Waals surface area contributed by atoms with Gasteiger partial charge in [0.1, 0.15) is 0 Å². The molecule has 0 spiro atoms. The average Bonchev–Trinajstić information content (AvgIpc) is 3.42. The number of nitrogen functional groups attached to an aromatic ring is 1. The van der Waals surface area contributed by atoms with Gasteiger partial charge in [-0.05, 0) is 54.7 Å². The van der Waals surface area contributed by atoms with E-state index >= 15 is 0 Å². The number of halogens is 4. The molecule has 4 rings (SSSR count). The number of aromatic nitrogens is 3. The van der Waals surface area contributed by atoms with Gasteiger partial charge in [0, 0.05) is 0 Å². The van der Waals surface area contributed by atoms with Crippen molar-refractivity contribution in [3.8, 4) is 5.69 Å². The maximum Gasteiger partial charge on any atom is 0.453 e. The molecule has 148 valence electrons. The first kappa shape index (κ1) is 19.5. The van der Waals surface area contributed by atoms with Crippen LogP contribution in [0.1, 0.15) is 54.5 Å². The summed E-state index contributed by atoms with van der Waals surface area (Å²) in [5.74, 6) is -1.79. The molecule has 0 amide bonds. The predicted molar refractivity (Wildman–Crippen MR) is 87.0 cm³/mol. The van der Waals surface area contributed by atoms with Crippen LogP contribution in [0.2, 0.25) is 0 Å². The van der Waals surface area contributed by atoms with Crippen LogP contribution in [0.25, 0.3) is 5.69 Å². The van der Waals surface area contributed by atoms with Gasteiger partial charge in [-0.15, -0.1) is 5.10 Å². The molecule has 0 aliphatic heterocycles. The Kier molecular flexibility index (Phi) is 4.46. The van der Waals surface area contributed by atoms with Gasteiger partial charge >= 0.3 is 6.18 Å². The number of benzene rings is 1. The van der Waals surface area contributed by atoms with Crippen LogP contribution in [0.4, 0.5) is 23.8 Å². The van der Waals surface area contributed by atoms with Crippen LogP contribution in [0.3, 0.4) is 0 Å².